The van der Waals surface area contributed by atoms with Gasteiger partial charge in [0, 0.05) is 23.1 Å². The summed E-state index contributed by atoms with van der Waals surface area (Å²) in [6, 6.07) is 9.95. The van der Waals surface area contributed by atoms with Crippen LogP contribution in [-0.2, 0) is 25.5 Å². The number of aliphatic hydroxyl groups excluding tert-OH is 2. The number of fused-ring (bicyclic) bond motifs is 3. The fourth-order valence-electron chi connectivity index (χ4n) is 6.88. The fourth-order valence-corrected chi connectivity index (χ4v) is 6.88. The first-order valence-electron chi connectivity index (χ1n) is 14.6. The normalized spacial score (nSPS) is 24.7. The molecule has 0 radical (unpaired) electrons. The number of nitrogens with two attached hydrogens (primary N) is 1. The van der Waals surface area contributed by atoms with Crippen molar-refractivity contribution in [2.24, 2.45) is 35.3 Å². The number of aliphatic hydroxyl groups is 3. The molecular weight excluding hydrogens is 568 g/mol. The number of amides is 2. The molecule has 3 aliphatic carbocycles. The summed E-state index contributed by atoms with van der Waals surface area (Å²) in [7, 11) is 0. The number of rotatable bonds is 6. The molecule has 232 valence electrons. The summed E-state index contributed by atoms with van der Waals surface area (Å²) in [5.41, 5.74) is 4.14. The zero-order chi connectivity index (χ0) is 32.2. The van der Waals surface area contributed by atoms with Gasteiger partial charge in [0.15, 0.2) is 11.4 Å². The molecule has 2 amide bonds. The first-order valence-corrected chi connectivity index (χ1v) is 14.6. The minimum Gasteiger partial charge on any atom is -0.508 e. The monoisotopic (exact) mass is 604 g/mol. The van der Waals surface area contributed by atoms with E-state index in [0.717, 1.165) is 0 Å². The molecule has 1 fully saturated rings. The molecule has 0 aromatic heterocycles. The van der Waals surface area contributed by atoms with Gasteiger partial charge in [-0.1, -0.05) is 45.9 Å². The van der Waals surface area contributed by atoms with E-state index in [1.54, 1.807) is 44.2 Å². The molecule has 1 saturated carbocycles. The van der Waals surface area contributed by atoms with Gasteiger partial charge in [-0.25, -0.2) is 4.79 Å². The van der Waals surface area contributed by atoms with E-state index in [1.165, 1.54) is 6.07 Å². The van der Waals surface area contributed by atoms with Gasteiger partial charge in [0.1, 0.15) is 22.8 Å². The minimum atomic E-state index is -2.66. The van der Waals surface area contributed by atoms with Crippen molar-refractivity contribution in [2.75, 3.05) is 11.9 Å². The number of aromatic hydroxyl groups is 1. The van der Waals surface area contributed by atoms with E-state index < -0.39 is 69.9 Å². The number of hydrogen-bond donors (Lipinski definition) is 6. The molecule has 11 nitrogen and oxygen atoms in total. The molecule has 3 aliphatic rings. The van der Waals surface area contributed by atoms with Crippen molar-refractivity contribution in [3.63, 3.8) is 0 Å². The molecule has 2 aromatic rings. The molecule has 0 saturated heterocycles. The van der Waals surface area contributed by atoms with Crippen molar-refractivity contribution >= 4 is 35.0 Å². The minimum absolute atomic E-state index is 0.00880. The van der Waals surface area contributed by atoms with Gasteiger partial charge in [-0.2, -0.15) is 0 Å². The average molecular weight is 605 g/mol. The summed E-state index contributed by atoms with van der Waals surface area (Å²) in [6.07, 6.45) is -0.380. The van der Waals surface area contributed by atoms with Crippen molar-refractivity contribution in [1.29, 1.82) is 0 Å². The molecule has 7 N–H and O–H groups in total. The van der Waals surface area contributed by atoms with E-state index in [9.17, 15) is 39.6 Å². The summed E-state index contributed by atoms with van der Waals surface area (Å²) in [6.45, 7) is 7.56. The van der Waals surface area contributed by atoms with Gasteiger partial charge >= 0.3 is 6.09 Å². The van der Waals surface area contributed by atoms with Crippen molar-refractivity contribution in [2.45, 2.75) is 46.1 Å². The predicted octanol–water partition coefficient (Wildman–Crippen LogP) is 4.18. The van der Waals surface area contributed by atoms with Crippen molar-refractivity contribution < 1.29 is 44.3 Å². The molecule has 0 spiro atoms. The van der Waals surface area contributed by atoms with Crippen LogP contribution in [0.2, 0.25) is 0 Å². The SMILES string of the molecule is CC(C)COC(=O)Nc1ccc(-c2ccc(O)c3c2C[C@H]2C[C@H]4[C@H](C(C)C)C(=O)C(C(N)=O)=C(O)[C@@]4(O)C(=O)C2=C3O)cc1. The van der Waals surface area contributed by atoms with Crippen LogP contribution in [-0.4, -0.2) is 56.2 Å². The Bertz CT molecular complexity index is 1640. The number of primary amides is 1. The highest BCUT2D eigenvalue weighted by molar-refractivity contribution is 6.23. The lowest BCUT2D eigenvalue weighted by Crippen LogP contribution is -2.62. The van der Waals surface area contributed by atoms with Gasteiger partial charge in [0.2, 0.25) is 5.78 Å². The number of anilines is 1. The highest BCUT2D eigenvalue weighted by Gasteiger charge is 2.64. The Hall–Kier alpha value is -4.64. The maximum atomic E-state index is 14.0. The second-order valence-electron chi connectivity index (χ2n) is 12.5. The zero-order valence-electron chi connectivity index (χ0n) is 24.9. The van der Waals surface area contributed by atoms with Crippen LogP contribution in [0.25, 0.3) is 16.9 Å². The lowest BCUT2D eigenvalue weighted by Gasteiger charge is -2.50. The fraction of sp³-hybridized carbons (Fsp3) is 0.394. The Morgan fingerprint density at radius 2 is 1.70 bits per heavy atom. The number of benzene rings is 2. The van der Waals surface area contributed by atoms with Gasteiger partial charge in [-0.3, -0.25) is 19.7 Å². The first-order chi connectivity index (χ1) is 20.7. The van der Waals surface area contributed by atoms with Crippen LogP contribution in [0, 0.1) is 29.6 Å². The molecule has 0 heterocycles. The van der Waals surface area contributed by atoms with Gasteiger partial charge < -0.3 is 30.9 Å². The molecular formula is C33H36N2O9. The molecule has 0 aliphatic heterocycles. The van der Waals surface area contributed by atoms with Crippen LogP contribution in [0.3, 0.4) is 0 Å². The quantitative estimate of drug-likeness (QED) is 0.262. The van der Waals surface area contributed by atoms with E-state index in [-0.39, 0.29) is 42.3 Å². The van der Waals surface area contributed by atoms with E-state index in [4.69, 9.17) is 10.5 Å². The van der Waals surface area contributed by atoms with Crippen LogP contribution in [0.5, 0.6) is 5.75 Å². The van der Waals surface area contributed by atoms with Gasteiger partial charge in [0.05, 0.1) is 12.2 Å². The number of nitrogens with one attached hydrogen (secondary N) is 1. The van der Waals surface area contributed by atoms with Crippen LogP contribution < -0.4 is 11.1 Å². The second-order valence-corrected chi connectivity index (χ2v) is 12.5. The van der Waals surface area contributed by atoms with Crippen LogP contribution in [0.1, 0.15) is 45.2 Å². The molecule has 4 atom stereocenters. The van der Waals surface area contributed by atoms with Gasteiger partial charge in [-0.05, 0) is 65.5 Å². The summed E-state index contributed by atoms with van der Waals surface area (Å²) >= 11 is 0. The van der Waals surface area contributed by atoms with Crippen LogP contribution in [0.4, 0.5) is 10.5 Å². The lowest BCUT2D eigenvalue weighted by molar-refractivity contribution is -0.155. The first kappa shape index (κ1) is 30.8. The van der Waals surface area contributed by atoms with Crippen LogP contribution in [0.15, 0.2) is 53.3 Å². The number of carbonyl (C=O) groups excluding carboxylic acids is 4. The average Bonchev–Trinajstić information content (AvgIpc) is 2.94. The Labute approximate surface area is 254 Å². The summed E-state index contributed by atoms with van der Waals surface area (Å²) < 4.78 is 5.16. The lowest BCUT2D eigenvalue weighted by atomic mass is 9.54. The Kier molecular flexibility index (Phi) is 7.79. The topological polar surface area (TPSA) is 196 Å². The molecule has 11 heteroatoms. The predicted molar refractivity (Wildman–Crippen MR) is 160 cm³/mol. The number of hydrogen-bond acceptors (Lipinski definition) is 9. The third-order valence-electron chi connectivity index (χ3n) is 8.84. The molecule has 0 unspecified atom stereocenters. The highest BCUT2D eigenvalue weighted by Crippen LogP contribution is 2.55. The molecule has 2 aromatic carbocycles. The van der Waals surface area contributed by atoms with Gasteiger partial charge in [0.25, 0.3) is 5.91 Å². The smallest absolute Gasteiger partial charge is 0.411 e. The van der Waals surface area contributed by atoms with E-state index in [1.807, 2.05) is 13.8 Å². The molecule has 0 bridgehead atoms. The highest BCUT2D eigenvalue weighted by atomic mass is 16.5. The third kappa shape index (κ3) is 4.81. The van der Waals surface area contributed by atoms with Crippen molar-refractivity contribution in [3.05, 3.63) is 64.4 Å². The maximum absolute atomic E-state index is 14.0. The standard InChI is InChI=1S/C33H36N2O9/c1-14(2)13-44-32(42)35-18-7-5-16(6-8-18)19-9-10-22(36)25-20(19)11-17-12-21-23(15(3)4)27(37)26(31(34)41)30(40)33(21,43)29(39)24(17)28(25)38/h5-10,14-15,17,21,23,36,38,40,43H,11-13H2,1-4H3,(H2,34,41)(H,35,42)/t17-,21-,23-,33-/m0/s1. The maximum Gasteiger partial charge on any atom is 0.411 e. The number of phenols is 1. The number of phenolic OH excluding ortho intramolecular Hbond substituents is 1. The Morgan fingerprint density at radius 3 is 2.30 bits per heavy atom. The van der Waals surface area contributed by atoms with E-state index >= 15 is 0 Å². The summed E-state index contributed by atoms with van der Waals surface area (Å²) in [5.74, 6) is -7.98. The van der Waals surface area contributed by atoms with Gasteiger partial charge in [-0.15, -0.1) is 0 Å². The van der Waals surface area contributed by atoms with Crippen LogP contribution >= 0.6 is 0 Å². The van der Waals surface area contributed by atoms with E-state index in [2.05, 4.69) is 5.32 Å². The Morgan fingerprint density at radius 1 is 1.05 bits per heavy atom. The summed E-state index contributed by atoms with van der Waals surface area (Å²) in [4.78, 5) is 51.6. The third-order valence-corrected chi connectivity index (χ3v) is 8.84. The largest absolute Gasteiger partial charge is 0.508 e. The van der Waals surface area contributed by atoms with Crippen molar-refractivity contribution in [3.8, 4) is 16.9 Å². The number of ketones is 2. The molecule has 44 heavy (non-hydrogen) atoms. The number of ether oxygens (including phenoxy) is 1. The molecule has 5 rings (SSSR count). The Balaban J connectivity index is 1.57. The zero-order valence-corrected chi connectivity index (χ0v) is 24.9. The number of Topliss-reactive ketones (excluding diaryl/α,β-unsaturated/α-hetero) is 2. The number of carbonyl (C=O) groups is 4. The van der Waals surface area contributed by atoms with E-state index in [0.29, 0.717) is 22.4 Å². The second kappa shape index (κ2) is 11.1. The van der Waals surface area contributed by atoms with Crippen molar-refractivity contribution in [1.82, 2.24) is 0 Å². The summed E-state index contributed by atoms with van der Waals surface area (Å²) in [5, 5.41) is 47.7.